The van der Waals surface area contributed by atoms with E-state index in [1.54, 1.807) is 41.8 Å². The number of carboxylic acid groups (broad SMARTS) is 1. The number of nitrogens with one attached hydrogen (secondary N) is 1. The third-order valence-corrected chi connectivity index (χ3v) is 7.24. The maximum atomic E-state index is 14.0. The molecule has 0 aromatic carbocycles. The average Bonchev–Trinajstić information content (AvgIpc) is 2.82. The molecule has 0 aliphatic rings. The normalized spacial score (nSPS) is 17.9. The van der Waals surface area contributed by atoms with Gasteiger partial charge in [-0.1, -0.05) is 26.7 Å². The van der Waals surface area contributed by atoms with Crippen molar-refractivity contribution in [2.45, 2.75) is 116 Å². The monoisotopic (exact) mass is 545 g/mol. The molecular weight excluding hydrogens is 494 g/mol. The van der Waals surface area contributed by atoms with Crippen molar-refractivity contribution in [1.82, 2.24) is 15.1 Å². The number of aliphatic carboxylic acids is 1. The molecule has 38 heavy (non-hydrogen) atoms. The number of carboxylic acids is 1. The van der Waals surface area contributed by atoms with Gasteiger partial charge in [-0.05, 0) is 65.3 Å². The second-order valence-corrected chi connectivity index (χ2v) is 10.8. The summed E-state index contributed by atoms with van der Waals surface area (Å²) >= 11 is 0. The van der Waals surface area contributed by atoms with Crippen molar-refractivity contribution in [1.29, 1.82) is 0 Å². The highest BCUT2D eigenvalue weighted by Crippen LogP contribution is 2.25. The Labute approximate surface area is 227 Å². The second kappa shape index (κ2) is 17.5. The Hall–Kier alpha value is -2.08. The van der Waals surface area contributed by atoms with E-state index in [0.29, 0.717) is 38.5 Å². The standard InChI is InChI=1S/C27H51N3O8/c1-16(11-9-13-18(3)31)23(21(33)15-22(34)27(37)38)29(7)26(36)24(17(2)12-10-14-19(4)32)30(8)25(35)20(5)28-6/h16-20,22-24,28,31-32,34H,9-15H2,1-8H3,(H,37,38)/t16-,17-,18?,19?,20-,22?,23-,24-/m0/s1. The minimum atomic E-state index is -1.89. The Morgan fingerprint density at radius 1 is 0.711 bits per heavy atom. The molecule has 8 atom stereocenters. The quantitative estimate of drug-likeness (QED) is 0.159. The molecule has 0 radical (unpaired) electrons. The summed E-state index contributed by atoms with van der Waals surface area (Å²) < 4.78 is 0. The number of Topliss-reactive ketones (excluding diaryl/α,β-unsaturated/α-hetero) is 1. The molecule has 11 nitrogen and oxygen atoms in total. The fourth-order valence-corrected chi connectivity index (χ4v) is 4.80. The molecule has 0 spiro atoms. The zero-order valence-corrected chi connectivity index (χ0v) is 24.4. The lowest BCUT2D eigenvalue weighted by Crippen LogP contribution is -2.58. The van der Waals surface area contributed by atoms with Gasteiger partial charge in [-0.25, -0.2) is 4.79 Å². The predicted molar refractivity (Wildman–Crippen MR) is 144 cm³/mol. The number of nitrogens with zero attached hydrogens (tertiary/aromatic N) is 2. The number of carbonyl (C=O) groups excluding carboxylic acids is 3. The highest BCUT2D eigenvalue weighted by Gasteiger charge is 2.40. The van der Waals surface area contributed by atoms with E-state index in [9.17, 15) is 34.5 Å². The Balaban J connectivity index is 6.21. The Morgan fingerprint density at radius 2 is 1.13 bits per heavy atom. The number of likely N-dealkylation sites (N-methyl/N-ethyl adjacent to an activating group) is 3. The van der Waals surface area contributed by atoms with Gasteiger partial charge in [0.05, 0.1) is 24.3 Å². The zero-order valence-electron chi connectivity index (χ0n) is 24.4. The second-order valence-electron chi connectivity index (χ2n) is 10.8. The van der Waals surface area contributed by atoms with Crippen LogP contribution in [0.5, 0.6) is 0 Å². The van der Waals surface area contributed by atoms with Gasteiger partial charge >= 0.3 is 5.97 Å². The first-order valence-corrected chi connectivity index (χ1v) is 13.6. The lowest BCUT2D eigenvalue weighted by molar-refractivity contribution is -0.153. The maximum absolute atomic E-state index is 14.0. The summed E-state index contributed by atoms with van der Waals surface area (Å²) in [5, 5.41) is 41.1. The van der Waals surface area contributed by atoms with Crippen LogP contribution >= 0.6 is 0 Å². The van der Waals surface area contributed by atoms with Crippen LogP contribution in [0.4, 0.5) is 0 Å². The van der Waals surface area contributed by atoms with Gasteiger partial charge in [-0.2, -0.15) is 0 Å². The number of carbonyl (C=O) groups is 4. The van der Waals surface area contributed by atoms with Crippen molar-refractivity contribution >= 4 is 23.6 Å². The van der Waals surface area contributed by atoms with Crippen LogP contribution in [0.2, 0.25) is 0 Å². The molecular formula is C27H51N3O8. The van der Waals surface area contributed by atoms with E-state index in [1.807, 2.05) is 6.92 Å². The van der Waals surface area contributed by atoms with Crippen LogP contribution in [-0.4, -0.2) is 111 Å². The number of rotatable bonds is 19. The third kappa shape index (κ3) is 11.8. The van der Waals surface area contributed by atoms with Crippen molar-refractivity contribution in [3.05, 3.63) is 0 Å². The number of hydrogen-bond donors (Lipinski definition) is 5. The van der Waals surface area contributed by atoms with Crippen LogP contribution in [0, 0.1) is 11.8 Å². The van der Waals surface area contributed by atoms with Crippen molar-refractivity contribution < 1.29 is 39.6 Å². The van der Waals surface area contributed by atoms with E-state index in [0.717, 1.165) is 0 Å². The summed E-state index contributed by atoms with van der Waals surface area (Å²) in [7, 11) is 4.66. The van der Waals surface area contributed by atoms with Crippen LogP contribution < -0.4 is 5.32 Å². The Bertz CT molecular complexity index is 761. The lowest BCUT2D eigenvalue weighted by Gasteiger charge is -2.39. The summed E-state index contributed by atoms with van der Waals surface area (Å²) in [6.45, 7) is 8.66. The first-order valence-electron chi connectivity index (χ1n) is 13.6. The molecule has 0 aliphatic carbocycles. The molecule has 2 amide bonds. The van der Waals surface area contributed by atoms with E-state index < -0.39 is 60.5 Å². The molecule has 0 saturated carbocycles. The van der Waals surface area contributed by atoms with E-state index in [-0.39, 0.29) is 17.7 Å². The number of amides is 2. The smallest absolute Gasteiger partial charge is 0.332 e. The zero-order chi connectivity index (χ0) is 29.7. The SMILES string of the molecule is CN[C@@H](C)C(=O)N(C)[C@H](C(=O)N(C)[C@H](C(=O)CC(O)C(=O)O)[C@@H](C)CCCC(C)O)[C@@H](C)CCCC(C)O. The molecule has 0 bridgehead atoms. The fourth-order valence-electron chi connectivity index (χ4n) is 4.80. The molecule has 0 heterocycles. The van der Waals surface area contributed by atoms with Crippen LogP contribution in [0.15, 0.2) is 0 Å². The van der Waals surface area contributed by atoms with Gasteiger partial charge in [-0.3, -0.25) is 14.4 Å². The van der Waals surface area contributed by atoms with Gasteiger partial charge in [0.2, 0.25) is 11.8 Å². The van der Waals surface area contributed by atoms with Gasteiger partial charge in [-0.15, -0.1) is 0 Å². The number of hydrogen-bond acceptors (Lipinski definition) is 8. The number of aliphatic hydroxyl groups is 3. The molecule has 0 aromatic heterocycles. The fraction of sp³-hybridized carbons (Fsp3) is 0.852. The van der Waals surface area contributed by atoms with Crippen LogP contribution in [0.25, 0.3) is 0 Å². The van der Waals surface area contributed by atoms with Crippen molar-refractivity contribution in [3.8, 4) is 0 Å². The van der Waals surface area contributed by atoms with Gasteiger partial charge in [0, 0.05) is 20.5 Å². The highest BCUT2D eigenvalue weighted by atomic mass is 16.4. The molecule has 3 unspecified atom stereocenters. The van der Waals surface area contributed by atoms with Crippen molar-refractivity contribution in [2.75, 3.05) is 21.1 Å². The van der Waals surface area contributed by atoms with Crippen molar-refractivity contribution in [3.63, 3.8) is 0 Å². The third-order valence-electron chi connectivity index (χ3n) is 7.24. The summed E-state index contributed by atoms with van der Waals surface area (Å²) in [6.07, 6.45) is -0.250. The minimum Gasteiger partial charge on any atom is -0.479 e. The lowest BCUT2D eigenvalue weighted by atomic mass is 9.87. The van der Waals surface area contributed by atoms with Gasteiger partial charge in [0.25, 0.3) is 0 Å². The molecule has 222 valence electrons. The largest absolute Gasteiger partial charge is 0.479 e. The predicted octanol–water partition coefficient (Wildman–Crippen LogP) is 1.03. The average molecular weight is 546 g/mol. The first-order chi connectivity index (χ1) is 17.6. The summed E-state index contributed by atoms with van der Waals surface area (Å²) in [5.74, 6) is -3.55. The highest BCUT2D eigenvalue weighted by molar-refractivity contribution is 5.95. The van der Waals surface area contributed by atoms with E-state index in [1.165, 1.54) is 16.8 Å². The van der Waals surface area contributed by atoms with E-state index in [2.05, 4.69) is 5.32 Å². The summed E-state index contributed by atoms with van der Waals surface area (Å²) in [6, 6.07) is -2.47. The topological polar surface area (TPSA) is 168 Å². The number of ketones is 1. The molecule has 5 N–H and O–H groups in total. The maximum Gasteiger partial charge on any atom is 0.332 e. The summed E-state index contributed by atoms with van der Waals surface area (Å²) in [5.41, 5.74) is 0. The van der Waals surface area contributed by atoms with Gasteiger partial charge in [0.1, 0.15) is 6.04 Å². The van der Waals surface area contributed by atoms with Gasteiger partial charge in [0.15, 0.2) is 11.9 Å². The summed E-state index contributed by atoms with van der Waals surface area (Å²) in [4.78, 5) is 54.2. The van der Waals surface area contributed by atoms with E-state index >= 15 is 0 Å². The Morgan fingerprint density at radius 3 is 1.53 bits per heavy atom. The molecule has 0 aromatic rings. The van der Waals surface area contributed by atoms with Crippen molar-refractivity contribution in [2.24, 2.45) is 11.8 Å². The molecule has 0 fully saturated rings. The molecule has 11 heteroatoms. The Kier molecular flexibility index (Phi) is 16.5. The molecule has 0 aliphatic heterocycles. The molecule has 0 rings (SSSR count). The van der Waals surface area contributed by atoms with E-state index in [4.69, 9.17) is 5.11 Å². The van der Waals surface area contributed by atoms with Crippen LogP contribution in [0.3, 0.4) is 0 Å². The molecule has 0 saturated heterocycles. The minimum absolute atomic E-state index is 0.296. The van der Waals surface area contributed by atoms with Crippen LogP contribution in [0.1, 0.15) is 79.6 Å². The first kappa shape index (κ1) is 35.9. The van der Waals surface area contributed by atoms with Crippen LogP contribution in [-0.2, 0) is 19.2 Å². The van der Waals surface area contributed by atoms with Gasteiger partial charge < -0.3 is 35.5 Å². The number of aliphatic hydroxyl groups excluding tert-OH is 3.